The monoisotopic (exact) mass is 276 g/mol. The summed E-state index contributed by atoms with van der Waals surface area (Å²) >= 11 is 1.85. The largest absolute Gasteiger partial charge is 0.264 e. The molecule has 0 atom stereocenters. The van der Waals surface area contributed by atoms with Crippen LogP contribution in [0.15, 0.2) is 24.5 Å². The second-order valence-electron chi connectivity index (χ2n) is 4.45. The molecular formula is C14H20N4S. The minimum absolute atomic E-state index is 0.761. The molecule has 0 aliphatic carbocycles. The molecule has 0 saturated heterocycles. The molecule has 5 heteroatoms. The van der Waals surface area contributed by atoms with E-state index >= 15 is 0 Å². The van der Waals surface area contributed by atoms with Gasteiger partial charge < -0.3 is 0 Å². The van der Waals surface area contributed by atoms with Gasteiger partial charge in [-0.05, 0) is 24.3 Å². The zero-order valence-corrected chi connectivity index (χ0v) is 12.4. The van der Waals surface area contributed by atoms with E-state index in [-0.39, 0.29) is 0 Å². The van der Waals surface area contributed by atoms with Gasteiger partial charge in [0.05, 0.1) is 0 Å². The SMILES string of the molecule is CCCn1nc(Cc2cccnc2)nc1CCSC. The van der Waals surface area contributed by atoms with Gasteiger partial charge in [0.15, 0.2) is 5.82 Å². The molecule has 19 heavy (non-hydrogen) atoms. The normalized spacial score (nSPS) is 10.8. The first kappa shape index (κ1) is 14.1. The zero-order chi connectivity index (χ0) is 13.5. The second-order valence-corrected chi connectivity index (χ2v) is 5.43. The van der Waals surface area contributed by atoms with E-state index in [0.29, 0.717) is 0 Å². The van der Waals surface area contributed by atoms with Gasteiger partial charge in [0.25, 0.3) is 0 Å². The van der Waals surface area contributed by atoms with Crippen molar-refractivity contribution in [2.24, 2.45) is 0 Å². The molecule has 0 amide bonds. The fraction of sp³-hybridized carbons (Fsp3) is 0.500. The first-order valence-corrected chi connectivity index (χ1v) is 8.03. The Morgan fingerprint density at radius 2 is 2.26 bits per heavy atom. The van der Waals surface area contributed by atoms with Crippen molar-refractivity contribution in [3.05, 3.63) is 41.7 Å². The number of rotatable bonds is 7. The van der Waals surface area contributed by atoms with E-state index in [1.807, 2.05) is 24.0 Å². The molecule has 0 unspecified atom stereocenters. The van der Waals surface area contributed by atoms with E-state index in [9.17, 15) is 0 Å². The van der Waals surface area contributed by atoms with Crippen molar-refractivity contribution in [3.8, 4) is 0 Å². The predicted octanol–water partition coefficient (Wildman–Crippen LogP) is 2.58. The summed E-state index contributed by atoms with van der Waals surface area (Å²) in [4.78, 5) is 8.80. The van der Waals surface area contributed by atoms with E-state index in [2.05, 4.69) is 39.0 Å². The highest BCUT2D eigenvalue weighted by atomic mass is 32.2. The van der Waals surface area contributed by atoms with Crippen LogP contribution in [0.1, 0.15) is 30.6 Å². The molecule has 0 spiro atoms. The van der Waals surface area contributed by atoms with Crippen molar-refractivity contribution in [2.45, 2.75) is 32.7 Å². The second kappa shape index (κ2) is 7.28. The quantitative estimate of drug-likeness (QED) is 0.779. The molecule has 2 aromatic heterocycles. The van der Waals surface area contributed by atoms with Crippen molar-refractivity contribution in [2.75, 3.05) is 12.0 Å². The number of aryl methyl sites for hydroxylation is 2. The van der Waals surface area contributed by atoms with Crippen LogP contribution in [-0.4, -0.2) is 31.8 Å². The lowest BCUT2D eigenvalue weighted by Crippen LogP contribution is -2.06. The fourth-order valence-electron chi connectivity index (χ4n) is 1.96. The maximum atomic E-state index is 4.67. The van der Waals surface area contributed by atoms with Gasteiger partial charge in [0.2, 0.25) is 0 Å². The summed E-state index contributed by atoms with van der Waals surface area (Å²) in [6.45, 7) is 3.12. The molecule has 0 aliphatic rings. The van der Waals surface area contributed by atoms with E-state index in [4.69, 9.17) is 0 Å². The van der Waals surface area contributed by atoms with Gasteiger partial charge in [-0.1, -0.05) is 13.0 Å². The third-order valence-corrected chi connectivity index (χ3v) is 3.45. The predicted molar refractivity (Wildman–Crippen MR) is 79.4 cm³/mol. The van der Waals surface area contributed by atoms with Crippen LogP contribution in [0.4, 0.5) is 0 Å². The van der Waals surface area contributed by atoms with Crippen LogP contribution < -0.4 is 0 Å². The third kappa shape index (κ3) is 4.06. The molecule has 2 rings (SSSR count). The third-order valence-electron chi connectivity index (χ3n) is 2.84. The Hall–Kier alpha value is -1.36. The number of aromatic nitrogens is 4. The van der Waals surface area contributed by atoms with Gasteiger partial charge in [-0.2, -0.15) is 16.9 Å². The topological polar surface area (TPSA) is 43.6 Å². The van der Waals surface area contributed by atoms with Gasteiger partial charge in [0.1, 0.15) is 5.82 Å². The number of hydrogen-bond acceptors (Lipinski definition) is 4. The molecule has 0 bridgehead atoms. The Bertz CT molecular complexity index is 495. The van der Waals surface area contributed by atoms with Gasteiger partial charge in [0, 0.05) is 37.5 Å². The van der Waals surface area contributed by atoms with Crippen LogP contribution in [0.5, 0.6) is 0 Å². The first-order valence-electron chi connectivity index (χ1n) is 6.64. The van der Waals surface area contributed by atoms with Crippen molar-refractivity contribution in [1.82, 2.24) is 19.7 Å². The number of hydrogen-bond donors (Lipinski definition) is 0. The zero-order valence-electron chi connectivity index (χ0n) is 11.5. The van der Waals surface area contributed by atoms with Crippen molar-refractivity contribution < 1.29 is 0 Å². The van der Waals surface area contributed by atoms with Gasteiger partial charge in [-0.15, -0.1) is 0 Å². The molecule has 0 aliphatic heterocycles. The summed E-state index contributed by atoms with van der Waals surface area (Å²) in [7, 11) is 0. The molecule has 2 heterocycles. The lowest BCUT2D eigenvalue weighted by atomic mass is 10.2. The maximum absolute atomic E-state index is 4.67. The first-order chi connectivity index (χ1) is 9.33. The Morgan fingerprint density at radius 1 is 1.37 bits per heavy atom. The summed E-state index contributed by atoms with van der Waals surface area (Å²) in [5, 5.41) is 4.62. The van der Waals surface area contributed by atoms with Crippen molar-refractivity contribution in [3.63, 3.8) is 0 Å². The highest BCUT2D eigenvalue weighted by Crippen LogP contribution is 2.08. The van der Waals surface area contributed by atoms with Crippen LogP contribution in [-0.2, 0) is 19.4 Å². The molecule has 0 radical (unpaired) electrons. The summed E-state index contributed by atoms with van der Waals surface area (Å²) in [5.74, 6) is 3.10. The minimum Gasteiger partial charge on any atom is -0.264 e. The molecule has 2 aromatic rings. The maximum Gasteiger partial charge on any atom is 0.155 e. The Labute approximate surface area is 118 Å². The average molecular weight is 276 g/mol. The van der Waals surface area contributed by atoms with E-state index in [1.54, 1.807) is 6.20 Å². The molecule has 0 aromatic carbocycles. The smallest absolute Gasteiger partial charge is 0.155 e. The van der Waals surface area contributed by atoms with Gasteiger partial charge in [-0.3, -0.25) is 4.98 Å². The van der Waals surface area contributed by atoms with Crippen LogP contribution in [0.25, 0.3) is 0 Å². The standard InChI is InChI=1S/C14H20N4S/c1-3-8-18-14(6-9-19-2)16-13(17-18)10-12-5-4-7-15-11-12/h4-5,7,11H,3,6,8-10H2,1-2H3. The minimum atomic E-state index is 0.761. The fourth-order valence-corrected chi connectivity index (χ4v) is 2.34. The number of nitrogens with zero attached hydrogens (tertiary/aromatic N) is 4. The Kier molecular flexibility index (Phi) is 5.39. The molecule has 4 nitrogen and oxygen atoms in total. The summed E-state index contributed by atoms with van der Waals surface area (Å²) < 4.78 is 2.06. The van der Waals surface area contributed by atoms with Crippen molar-refractivity contribution >= 4 is 11.8 Å². The summed E-state index contributed by atoms with van der Waals surface area (Å²) in [5.41, 5.74) is 1.16. The Morgan fingerprint density at radius 3 is 2.95 bits per heavy atom. The average Bonchev–Trinajstić information content (AvgIpc) is 2.80. The highest BCUT2D eigenvalue weighted by molar-refractivity contribution is 7.98. The molecular weight excluding hydrogens is 256 g/mol. The van der Waals surface area contributed by atoms with Crippen LogP contribution in [0.3, 0.4) is 0 Å². The molecule has 0 N–H and O–H groups in total. The molecule has 0 fully saturated rings. The van der Waals surface area contributed by atoms with Gasteiger partial charge in [-0.25, -0.2) is 9.67 Å². The molecule has 102 valence electrons. The van der Waals surface area contributed by atoms with E-state index in [1.165, 1.54) is 0 Å². The van der Waals surface area contributed by atoms with E-state index in [0.717, 1.165) is 48.8 Å². The molecule has 0 saturated carbocycles. The van der Waals surface area contributed by atoms with Crippen LogP contribution in [0, 0.1) is 0 Å². The Balaban J connectivity index is 2.12. The van der Waals surface area contributed by atoms with Gasteiger partial charge >= 0.3 is 0 Å². The number of pyridine rings is 1. The van der Waals surface area contributed by atoms with E-state index < -0.39 is 0 Å². The lowest BCUT2D eigenvalue weighted by Gasteiger charge is -2.02. The van der Waals surface area contributed by atoms with Crippen molar-refractivity contribution in [1.29, 1.82) is 0 Å². The summed E-state index contributed by atoms with van der Waals surface area (Å²) in [6, 6.07) is 4.02. The highest BCUT2D eigenvalue weighted by Gasteiger charge is 2.09. The lowest BCUT2D eigenvalue weighted by molar-refractivity contribution is 0.570. The van der Waals surface area contributed by atoms with Crippen LogP contribution in [0.2, 0.25) is 0 Å². The van der Waals surface area contributed by atoms with Crippen LogP contribution >= 0.6 is 11.8 Å². The number of thioether (sulfide) groups is 1. The summed E-state index contributed by atoms with van der Waals surface area (Å²) in [6.07, 6.45) is 8.62.